The van der Waals surface area contributed by atoms with E-state index in [-0.39, 0.29) is 17.2 Å². The molecule has 2 aromatic rings. The summed E-state index contributed by atoms with van der Waals surface area (Å²) in [4.78, 5) is 25.4. The van der Waals surface area contributed by atoms with Gasteiger partial charge in [0.05, 0.1) is 22.8 Å². The van der Waals surface area contributed by atoms with Gasteiger partial charge in [0.25, 0.3) is 5.69 Å². The summed E-state index contributed by atoms with van der Waals surface area (Å²) < 4.78 is 2.51. The largest absolute Gasteiger partial charge is 0.392 e. The maximum Gasteiger partial charge on any atom is 0.392 e. The van der Waals surface area contributed by atoms with Gasteiger partial charge in [-0.1, -0.05) is 5.06 Å². The van der Waals surface area contributed by atoms with Crippen LogP contribution in [0.2, 0.25) is 0 Å². The number of amidine groups is 1. The lowest BCUT2D eigenvalue weighted by molar-refractivity contribution is -0.552. The number of rotatable bonds is 2. The van der Waals surface area contributed by atoms with Gasteiger partial charge < -0.3 is 4.90 Å². The van der Waals surface area contributed by atoms with E-state index in [1.807, 2.05) is 24.5 Å². The van der Waals surface area contributed by atoms with E-state index in [0.29, 0.717) is 36.6 Å². The van der Waals surface area contributed by atoms with Gasteiger partial charge in [-0.2, -0.15) is 5.26 Å². The van der Waals surface area contributed by atoms with Crippen molar-refractivity contribution in [3.05, 3.63) is 62.5 Å². The van der Waals surface area contributed by atoms with Crippen LogP contribution in [0.1, 0.15) is 11.1 Å². The number of nitroso groups, excluding NO2 is 1. The van der Waals surface area contributed by atoms with Gasteiger partial charge in [-0.15, -0.1) is 0 Å². The Labute approximate surface area is 178 Å². The third-order valence-electron chi connectivity index (χ3n) is 5.90. The van der Waals surface area contributed by atoms with Gasteiger partial charge in [0.2, 0.25) is 5.69 Å². The van der Waals surface area contributed by atoms with Crippen molar-refractivity contribution >= 4 is 28.6 Å². The van der Waals surface area contributed by atoms with Crippen molar-refractivity contribution < 1.29 is 19.5 Å². The first-order chi connectivity index (χ1) is 14.8. The van der Waals surface area contributed by atoms with Crippen molar-refractivity contribution in [2.75, 3.05) is 36.1 Å². The second-order valence-corrected chi connectivity index (χ2v) is 7.70. The van der Waals surface area contributed by atoms with Gasteiger partial charge in [0.1, 0.15) is 13.1 Å². The number of hydrogen-bond donors (Lipinski definition) is 1. The molecule has 1 fully saturated rings. The van der Waals surface area contributed by atoms with Gasteiger partial charge >= 0.3 is 17.6 Å². The molecule has 0 spiro atoms. The molecule has 10 heteroatoms. The zero-order chi connectivity index (χ0) is 22.3. The number of aryl methyl sites for hydroxylation is 2. The van der Waals surface area contributed by atoms with Crippen LogP contribution in [0.4, 0.5) is 22.7 Å². The Kier molecular flexibility index (Phi) is 5.12. The fourth-order valence-corrected chi connectivity index (χ4v) is 4.01. The molecule has 1 unspecified atom stereocenters. The van der Waals surface area contributed by atoms with Gasteiger partial charge in [-0.3, -0.25) is 14.7 Å². The second kappa shape index (κ2) is 7.77. The highest BCUT2D eigenvalue weighted by atomic mass is 16.6. The molecule has 0 aromatic heterocycles. The monoisotopic (exact) mass is 422 g/mol. The Hall–Kier alpha value is -3.84. The van der Waals surface area contributed by atoms with E-state index in [4.69, 9.17) is 0 Å². The fourth-order valence-electron chi connectivity index (χ4n) is 4.01. The van der Waals surface area contributed by atoms with E-state index >= 15 is 0 Å². The first-order valence-electron chi connectivity index (χ1n) is 9.89. The van der Waals surface area contributed by atoms with Crippen LogP contribution in [0, 0.1) is 40.2 Å². The number of nitrogens with zero attached hydrogens (tertiary/aromatic N) is 6. The van der Waals surface area contributed by atoms with E-state index in [0.717, 1.165) is 21.9 Å². The predicted octanol–water partition coefficient (Wildman–Crippen LogP) is 2.65. The molecule has 2 heterocycles. The molecule has 158 valence electrons. The lowest BCUT2D eigenvalue weighted by Crippen LogP contribution is -2.54. The number of non-ortho nitro benzene ring substituents is 1. The van der Waals surface area contributed by atoms with Crippen molar-refractivity contribution in [3.63, 3.8) is 0 Å². The third-order valence-corrected chi connectivity index (χ3v) is 5.90. The average Bonchev–Trinajstić information content (AvgIpc) is 2.77. The summed E-state index contributed by atoms with van der Waals surface area (Å²) in [6.45, 7) is 5.89. The number of nitriles is 1. The number of anilines is 2. The maximum absolute atomic E-state index is 12.9. The highest BCUT2D eigenvalue weighted by Crippen LogP contribution is 2.36. The normalized spacial score (nSPS) is 18.6. The minimum atomic E-state index is -1.16. The molecular weight excluding hydrogens is 400 g/mol. The smallest absolute Gasteiger partial charge is 0.364 e. The van der Waals surface area contributed by atoms with Crippen LogP contribution >= 0.6 is 0 Å². The fraction of sp³-hybridized carbons (Fsp3) is 0.333. The van der Waals surface area contributed by atoms with Crippen molar-refractivity contribution in [3.8, 4) is 6.07 Å². The zero-order valence-corrected chi connectivity index (χ0v) is 17.2. The molecule has 0 saturated carbocycles. The number of fused-ring (bicyclic) bond motifs is 1. The Bertz CT molecular complexity index is 1140. The average molecular weight is 422 g/mol. The second-order valence-electron chi connectivity index (χ2n) is 7.70. The van der Waals surface area contributed by atoms with Gasteiger partial charge in [0, 0.05) is 28.8 Å². The molecule has 0 aliphatic carbocycles. The van der Waals surface area contributed by atoms with Crippen LogP contribution in [0.5, 0.6) is 0 Å². The summed E-state index contributed by atoms with van der Waals surface area (Å²) >= 11 is 0. The van der Waals surface area contributed by atoms with Crippen molar-refractivity contribution in [1.29, 1.82) is 5.26 Å². The molecule has 10 nitrogen and oxygen atoms in total. The minimum absolute atomic E-state index is 0.0349. The van der Waals surface area contributed by atoms with Crippen molar-refractivity contribution in [2.45, 2.75) is 19.9 Å². The summed E-state index contributed by atoms with van der Waals surface area (Å²) in [6, 6.07) is 10.6. The first-order valence-corrected chi connectivity index (χ1v) is 9.89. The molecule has 4 rings (SSSR count). The molecular formula is C21H22N6O4+2. The SMILES string of the molecule is Cc1cc2c(cc1C)[N+](=O)C(C#N)C(=[N+]1CCN(c3ccc([N+](=O)[O-])cc3)CC1)N2O. The van der Waals surface area contributed by atoms with E-state index in [1.165, 1.54) is 12.1 Å². The van der Waals surface area contributed by atoms with Crippen molar-refractivity contribution in [1.82, 2.24) is 0 Å². The zero-order valence-electron chi connectivity index (χ0n) is 17.2. The topological polar surface area (TPSA) is 117 Å². The molecule has 0 radical (unpaired) electrons. The Morgan fingerprint density at radius 2 is 1.77 bits per heavy atom. The van der Waals surface area contributed by atoms with E-state index in [1.54, 1.807) is 24.3 Å². The van der Waals surface area contributed by atoms with Crippen LogP contribution < -0.4 is 9.96 Å². The molecule has 2 aliphatic heterocycles. The quantitative estimate of drug-likeness (QED) is 0.449. The Morgan fingerprint density at radius 1 is 1.16 bits per heavy atom. The van der Waals surface area contributed by atoms with Crippen LogP contribution in [-0.4, -0.2) is 57.5 Å². The van der Waals surface area contributed by atoms with Gasteiger partial charge in [0.15, 0.2) is 6.07 Å². The number of hydroxylamine groups is 1. The first kappa shape index (κ1) is 20.4. The summed E-state index contributed by atoms with van der Waals surface area (Å²) in [5.41, 5.74) is 3.36. The van der Waals surface area contributed by atoms with Crippen LogP contribution in [0.25, 0.3) is 0 Å². The van der Waals surface area contributed by atoms with Crippen LogP contribution in [0.15, 0.2) is 36.4 Å². The minimum Gasteiger partial charge on any atom is -0.364 e. The summed E-state index contributed by atoms with van der Waals surface area (Å²) in [7, 11) is 0. The Morgan fingerprint density at radius 3 is 2.35 bits per heavy atom. The van der Waals surface area contributed by atoms with Crippen LogP contribution in [0.3, 0.4) is 0 Å². The summed E-state index contributed by atoms with van der Waals surface area (Å²) in [6.07, 6.45) is 0. The number of hydrogen-bond acceptors (Lipinski definition) is 6. The van der Waals surface area contributed by atoms with E-state index in [9.17, 15) is 25.5 Å². The molecule has 1 saturated heterocycles. The molecule has 1 N–H and O–H groups in total. The highest BCUT2D eigenvalue weighted by Gasteiger charge is 2.53. The number of nitro groups is 1. The third kappa shape index (κ3) is 3.49. The molecule has 0 amide bonds. The maximum atomic E-state index is 12.9. The molecule has 2 aromatic carbocycles. The Balaban J connectivity index is 1.63. The van der Waals surface area contributed by atoms with Crippen LogP contribution in [-0.2, 0) is 0 Å². The summed E-state index contributed by atoms with van der Waals surface area (Å²) in [5.74, 6) is 0.247. The van der Waals surface area contributed by atoms with Gasteiger partial charge in [-0.05, 0) is 43.2 Å². The molecule has 2 aliphatic rings. The highest BCUT2D eigenvalue weighted by molar-refractivity contribution is 6.01. The number of benzene rings is 2. The lowest BCUT2D eigenvalue weighted by Gasteiger charge is -2.31. The number of piperazine rings is 1. The molecule has 0 bridgehead atoms. The molecule has 1 atom stereocenters. The molecule has 31 heavy (non-hydrogen) atoms. The van der Waals surface area contributed by atoms with E-state index < -0.39 is 11.0 Å². The van der Waals surface area contributed by atoms with E-state index in [2.05, 4.69) is 4.90 Å². The lowest BCUT2D eigenvalue weighted by atomic mass is 10.0. The predicted molar refractivity (Wildman–Crippen MR) is 113 cm³/mol. The standard InChI is InChI=1S/C21H22N6O4/c1-14-11-18-19(12-15(14)2)26(29)21(20(13-22)25(18)28)24-9-7-23(8-10-24)16-3-5-17(6-4-16)27(30)31/h3-6,11-12,20,29H,7-10H2,1-2H3/q+2. The number of nitro benzene ring substituents is 1. The van der Waals surface area contributed by atoms with Gasteiger partial charge in [-0.25, -0.2) is 5.21 Å². The summed E-state index contributed by atoms with van der Waals surface area (Å²) in [5, 5.41) is 32.4. The van der Waals surface area contributed by atoms with Crippen molar-refractivity contribution in [2.24, 2.45) is 0 Å².